The maximum Gasteiger partial charge on any atom is 0.169 e. The van der Waals surface area contributed by atoms with E-state index in [-0.39, 0.29) is 18.0 Å². The minimum absolute atomic E-state index is 0.119. The Morgan fingerprint density at radius 3 is 2.53 bits per heavy atom. The summed E-state index contributed by atoms with van der Waals surface area (Å²) in [5.74, 6) is 0.906. The predicted molar refractivity (Wildman–Crippen MR) is 64.0 cm³/mol. The average Bonchev–Trinajstić information content (AvgIpc) is 2.21. The van der Waals surface area contributed by atoms with Crippen molar-refractivity contribution in [3.05, 3.63) is 27.8 Å². The van der Waals surface area contributed by atoms with Crippen molar-refractivity contribution in [1.29, 1.82) is 0 Å². The van der Waals surface area contributed by atoms with Crippen LogP contribution in [-0.4, -0.2) is 25.1 Å². The highest BCUT2D eigenvalue weighted by Gasteiger charge is 2.41. The Kier molecular flexibility index (Phi) is 3.25. The third kappa shape index (κ3) is 2.31. The number of hydrogen-bond donors (Lipinski definition) is 0. The minimum Gasteiger partial charge on any atom is -0.487 e. The summed E-state index contributed by atoms with van der Waals surface area (Å²) in [6, 6.07) is 7.74. The summed E-state index contributed by atoms with van der Waals surface area (Å²) in [6.45, 7) is 0. The Balaban J connectivity index is 1.98. The van der Waals surface area contributed by atoms with Gasteiger partial charge in [0.15, 0.2) is 11.9 Å². The SMILES string of the molecule is COC1C(=O)CC1Oc1ccc(I)cc1. The molecule has 1 fully saturated rings. The molecular weight excluding hydrogens is 307 g/mol. The van der Waals surface area contributed by atoms with Gasteiger partial charge in [0.05, 0.1) is 0 Å². The third-order valence-corrected chi connectivity index (χ3v) is 3.13. The van der Waals surface area contributed by atoms with Crippen molar-refractivity contribution in [2.24, 2.45) is 0 Å². The van der Waals surface area contributed by atoms with Crippen molar-refractivity contribution in [2.75, 3.05) is 7.11 Å². The number of Topliss-reactive ketones (excluding diaryl/α,β-unsaturated/α-hetero) is 1. The first-order valence-corrected chi connectivity index (χ1v) is 5.76. The number of rotatable bonds is 3. The van der Waals surface area contributed by atoms with Crippen molar-refractivity contribution in [3.63, 3.8) is 0 Å². The number of ketones is 1. The van der Waals surface area contributed by atoms with Gasteiger partial charge in [-0.15, -0.1) is 0 Å². The summed E-state index contributed by atoms with van der Waals surface area (Å²) >= 11 is 2.23. The first kappa shape index (κ1) is 10.9. The zero-order valence-corrected chi connectivity index (χ0v) is 10.4. The molecule has 0 aliphatic heterocycles. The number of methoxy groups -OCH3 is 1. The maximum atomic E-state index is 11.1. The summed E-state index contributed by atoms with van der Waals surface area (Å²) in [4.78, 5) is 11.1. The van der Waals surface area contributed by atoms with Gasteiger partial charge in [-0.2, -0.15) is 0 Å². The molecule has 3 nitrogen and oxygen atoms in total. The summed E-state index contributed by atoms with van der Waals surface area (Å²) in [7, 11) is 1.53. The fourth-order valence-corrected chi connectivity index (χ4v) is 1.90. The molecule has 0 heterocycles. The molecule has 0 saturated heterocycles. The van der Waals surface area contributed by atoms with Crippen molar-refractivity contribution in [3.8, 4) is 5.75 Å². The van der Waals surface area contributed by atoms with Gasteiger partial charge in [-0.1, -0.05) is 0 Å². The monoisotopic (exact) mass is 318 g/mol. The molecule has 0 aromatic heterocycles. The van der Waals surface area contributed by atoms with E-state index in [0.717, 1.165) is 9.32 Å². The second-order valence-electron chi connectivity index (χ2n) is 3.44. The number of carbonyl (C=O) groups excluding carboxylic acids is 1. The van der Waals surface area contributed by atoms with Gasteiger partial charge in [-0.25, -0.2) is 0 Å². The fraction of sp³-hybridized carbons (Fsp3) is 0.364. The highest BCUT2D eigenvalue weighted by atomic mass is 127. The Labute approximate surface area is 102 Å². The lowest BCUT2D eigenvalue weighted by molar-refractivity contribution is -0.150. The van der Waals surface area contributed by atoms with Crippen LogP contribution in [0.1, 0.15) is 6.42 Å². The fourth-order valence-electron chi connectivity index (χ4n) is 1.54. The Hall–Kier alpha value is -0.620. The Morgan fingerprint density at radius 2 is 2.00 bits per heavy atom. The molecule has 2 rings (SSSR count). The van der Waals surface area contributed by atoms with Gasteiger partial charge in [0, 0.05) is 17.1 Å². The number of ether oxygens (including phenoxy) is 2. The largest absolute Gasteiger partial charge is 0.487 e. The molecule has 0 spiro atoms. The molecule has 1 saturated carbocycles. The molecule has 0 N–H and O–H groups in total. The normalized spacial score (nSPS) is 24.8. The molecule has 1 aliphatic carbocycles. The maximum absolute atomic E-state index is 11.1. The second-order valence-corrected chi connectivity index (χ2v) is 4.68. The molecule has 0 amide bonds. The smallest absolute Gasteiger partial charge is 0.169 e. The minimum atomic E-state index is -0.385. The standard InChI is InChI=1S/C11H11IO3/c1-14-11-9(13)6-10(11)15-8-4-2-7(12)3-5-8/h2-5,10-11H,6H2,1H3. The van der Waals surface area contributed by atoms with Gasteiger partial charge < -0.3 is 9.47 Å². The molecular formula is C11H11IO3. The van der Waals surface area contributed by atoms with E-state index in [2.05, 4.69) is 22.6 Å². The van der Waals surface area contributed by atoms with Crippen LogP contribution >= 0.6 is 22.6 Å². The topological polar surface area (TPSA) is 35.5 Å². The summed E-state index contributed by atoms with van der Waals surface area (Å²) in [5.41, 5.74) is 0. The lowest BCUT2D eigenvalue weighted by atomic mass is 9.90. The molecule has 1 aromatic carbocycles. The van der Waals surface area contributed by atoms with E-state index in [4.69, 9.17) is 9.47 Å². The first-order valence-electron chi connectivity index (χ1n) is 4.68. The van der Waals surface area contributed by atoms with E-state index in [1.165, 1.54) is 7.11 Å². The van der Waals surface area contributed by atoms with Crippen LogP contribution in [0.2, 0.25) is 0 Å². The molecule has 1 aromatic rings. The van der Waals surface area contributed by atoms with Gasteiger partial charge in [0.1, 0.15) is 11.9 Å². The highest BCUT2D eigenvalue weighted by Crippen LogP contribution is 2.25. The van der Waals surface area contributed by atoms with Gasteiger partial charge in [0.25, 0.3) is 0 Å². The van der Waals surface area contributed by atoms with Crippen LogP contribution in [0.15, 0.2) is 24.3 Å². The first-order chi connectivity index (χ1) is 7.20. The van der Waals surface area contributed by atoms with Gasteiger partial charge in [-0.3, -0.25) is 4.79 Å². The molecule has 15 heavy (non-hydrogen) atoms. The Bertz CT molecular complexity index is 361. The van der Waals surface area contributed by atoms with Gasteiger partial charge in [-0.05, 0) is 46.9 Å². The van der Waals surface area contributed by atoms with Gasteiger partial charge in [0.2, 0.25) is 0 Å². The molecule has 0 bridgehead atoms. The summed E-state index contributed by atoms with van der Waals surface area (Å²) in [5, 5.41) is 0. The van der Waals surface area contributed by atoms with Crippen LogP contribution < -0.4 is 4.74 Å². The number of carbonyl (C=O) groups is 1. The van der Waals surface area contributed by atoms with Crippen molar-refractivity contribution in [2.45, 2.75) is 18.6 Å². The number of benzene rings is 1. The molecule has 80 valence electrons. The molecule has 2 unspecified atom stereocenters. The highest BCUT2D eigenvalue weighted by molar-refractivity contribution is 14.1. The van der Waals surface area contributed by atoms with E-state index in [1.54, 1.807) is 0 Å². The molecule has 2 atom stereocenters. The van der Waals surface area contributed by atoms with Crippen LogP contribution in [0.4, 0.5) is 0 Å². The summed E-state index contributed by atoms with van der Waals surface area (Å²) in [6.07, 6.45) is -0.0587. The van der Waals surface area contributed by atoms with E-state index >= 15 is 0 Å². The molecule has 0 radical (unpaired) electrons. The zero-order valence-electron chi connectivity index (χ0n) is 8.27. The predicted octanol–water partition coefficient (Wildman–Crippen LogP) is 2.03. The van der Waals surface area contributed by atoms with E-state index < -0.39 is 0 Å². The van der Waals surface area contributed by atoms with Crippen molar-refractivity contribution < 1.29 is 14.3 Å². The Morgan fingerprint density at radius 1 is 1.33 bits per heavy atom. The van der Waals surface area contributed by atoms with Crippen LogP contribution in [0.3, 0.4) is 0 Å². The average molecular weight is 318 g/mol. The van der Waals surface area contributed by atoms with Crippen LogP contribution in [0.5, 0.6) is 5.75 Å². The molecule has 1 aliphatic rings. The third-order valence-electron chi connectivity index (χ3n) is 2.41. The van der Waals surface area contributed by atoms with Crippen molar-refractivity contribution >= 4 is 28.4 Å². The lowest BCUT2D eigenvalue weighted by Gasteiger charge is -2.33. The van der Waals surface area contributed by atoms with E-state index in [0.29, 0.717) is 6.42 Å². The van der Waals surface area contributed by atoms with Crippen LogP contribution in [-0.2, 0) is 9.53 Å². The second kappa shape index (κ2) is 4.49. The van der Waals surface area contributed by atoms with Gasteiger partial charge >= 0.3 is 0 Å². The lowest BCUT2D eigenvalue weighted by Crippen LogP contribution is -2.51. The zero-order chi connectivity index (χ0) is 10.8. The summed E-state index contributed by atoms with van der Waals surface area (Å²) < 4.78 is 11.8. The van der Waals surface area contributed by atoms with Crippen LogP contribution in [0.25, 0.3) is 0 Å². The van der Waals surface area contributed by atoms with Crippen molar-refractivity contribution in [1.82, 2.24) is 0 Å². The van der Waals surface area contributed by atoms with Crippen LogP contribution in [0, 0.1) is 3.57 Å². The van der Waals surface area contributed by atoms with E-state index in [1.807, 2.05) is 24.3 Å². The quantitative estimate of drug-likeness (QED) is 0.800. The number of hydrogen-bond acceptors (Lipinski definition) is 3. The molecule has 4 heteroatoms. The van der Waals surface area contributed by atoms with E-state index in [9.17, 15) is 4.79 Å². The number of halogens is 1.